The highest BCUT2D eigenvalue weighted by molar-refractivity contribution is 5.94. The quantitative estimate of drug-likeness (QED) is 0.436. The highest BCUT2D eigenvalue weighted by Crippen LogP contribution is 2.27. The maximum absolute atomic E-state index is 6.07. The van der Waals surface area contributed by atoms with E-state index in [0.717, 1.165) is 34.3 Å². The second-order valence-corrected chi connectivity index (χ2v) is 7.13. The van der Waals surface area contributed by atoms with E-state index in [2.05, 4.69) is 74.6 Å². The van der Waals surface area contributed by atoms with Gasteiger partial charge in [-0.1, -0.05) is 12.1 Å². The van der Waals surface area contributed by atoms with E-state index in [1.165, 1.54) is 10.9 Å². The summed E-state index contributed by atoms with van der Waals surface area (Å²) in [6.45, 7) is 2.81. The Morgan fingerprint density at radius 2 is 1.93 bits per heavy atom. The van der Waals surface area contributed by atoms with Gasteiger partial charge in [-0.05, 0) is 60.3 Å². The minimum Gasteiger partial charge on any atom is -0.384 e. The number of benzene rings is 2. The minimum atomic E-state index is -0.271. The number of hydrogen-bond donors (Lipinski definition) is 4. The van der Waals surface area contributed by atoms with Crippen molar-refractivity contribution in [2.24, 2.45) is 10.7 Å². The van der Waals surface area contributed by atoms with Crippen LogP contribution in [0, 0.1) is 0 Å². The molecule has 1 aliphatic rings. The first-order valence-electron chi connectivity index (χ1n) is 9.34. The van der Waals surface area contributed by atoms with Gasteiger partial charge in [0.1, 0.15) is 5.84 Å². The van der Waals surface area contributed by atoms with Crippen molar-refractivity contribution in [3.8, 4) is 0 Å². The third-order valence-corrected chi connectivity index (χ3v) is 5.23. The normalized spacial score (nSPS) is 17.0. The van der Waals surface area contributed by atoms with Gasteiger partial charge in [0.2, 0.25) is 0 Å². The van der Waals surface area contributed by atoms with Crippen molar-refractivity contribution >= 4 is 33.3 Å². The van der Waals surface area contributed by atoms with Crippen molar-refractivity contribution in [2.45, 2.75) is 19.8 Å². The zero-order valence-electron chi connectivity index (χ0n) is 15.6. The number of aliphatic imine (C=N–C) groups is 1. The van der Waals surface area contributed by atoms with Crippen LogP contribution in [0.4, 0.5) is 5.69 Å². The van der Waals surface area contributed by atoms with Crippen LogP contribution >= 0.6 is 0 Å². The zero-order valence-corrected chi connectivity index (χ0v) is 15.6. The fourth-order valence-corrected chi connectivity index (χ4v) is 3.81. The summed E-state index contributed by atoms with van der Waals surface area (Å²) in [6.07, 6.45) is 5.56. The Morgan fingerprint density at radius 1 is 1.07 bits per heavy atom. The summed E-state index contributed by atoms with van der Waals surface area (Å²) in [5.74, 6) is 0.536. The Bertz CT molecular complexity index is 1210. The largest absolute Gasteiger partial charge is 0.384 e. The number of rotatable bonds is 4. The number of hydrogen-bond acceptors (Lipinski definition) is 4. The van der Waals surface area contributed by atoms with Crippen LogP contribution in [0.15, 0.2) is 77.7 Å². The predicted octanol–water partition coefficient (Wildman–Crippen LogP) is 4.12. The zero-order chi connectivity index (χ0) is 19.1. The van der Waals surface area contributed by atoms with Crippen molar-refractivity contribution in [1.82, 2.24) is 14.9 Å². The van der Waals surface area contributed by atoms with Gasteiger partial charge in [-0.2, -0.15) is 0 Å². The van der Waals surface area contributed by atoms with Gasteiger partial charge in [-0.25, -0.2) is 4.99 Å². The van der Waals surface area contributed by atoms with Crippen LogP contribution in [0.2, 0.25) is 0 Å². The summed E-state index contributed by atoms with van der Waals surface area (Å²) in [6, 6.07) is 16.8. The molecule has 0 aliphatic carbocycles. The van der Waals surface area contributed by atoms with E-state index in [0.29, 0.717) is 5.84 Å². The molecule has 0 radical (unpaired) electrons. The molecule has 0 saturated heterocycles. The number of fused-ring (bicyclic) bond motifs is 2. The van der Waals surface area contributed by atoms with Crippen molar-refractivity contribution in [2.75, 3.05) is 5.32 Å². The number of amidine groups is 1. The summed E-state index contributed by atoms with van der Waals surface area (Å²) < 4.78 is 0. The highest BCUT2D eigenvalue weighted by atomic mass is 15.4. The second kappa shape index (κ2) is 6.49. The third-order valence-electron chi connectivity index (χ3n) is 5.23. The third kappa shape index (κ3) is 2.89. The van der Waals surface area contributed by atoms with E-state index >= 15 is 0 Å². The summed E-state index contributed by atoms with van der Waals surface area (Å²) in [7, 11) is 0. The van der Waals surface area contributed by atoms with Crippen LogP contribution in [0.25, 0.3) is 21.8 Å². The lowest BCUT2D eigenvalue weighted by Crippen LogP contribution is -2.42. The van der Waals surface area contributed by atoms with Crippen molar-refractivity contribution < 1.29 is 0 Å². The smallest absolute Gasteiger partial charge is 0.199 e. The van der Waals surface area contributed by atoms with Crippen LogP contribution in [0.5, 0.6) is 0 Å². The molecule has 0 bridgehead atoms. The molecule has 0 spiro atoms. The fraction of sp³-hybridized carbons (Fsp3) is 0.136. The van der Waals surface area contributed by atoms with Gasteiger partial charge in [0.05, 0.1) is 0 Å². The Kier molecular flexibility index (Phi) is 3.83. The number of nitrogens with zero attached hydrogens (tertiary/aromatic N) is 2. The molecule has 0 fully saturated rings. The maximum Gasteiger partial charge on any atom is 0.199 e. The lowest BCUT2D eigenvalue weighted by Gasteiger charge is -2.35. The maximum atomic E-state index is 6.07. The number of anilines is 1. The highest BCUT2D eigenvalue weighted by Gasteiger charge is 2.23. The topological polar surface area (TPSA) is 85.2 Å². The van der Waals surface area contributed by atoms with E-state index < -0.39 is 0 Å². The molecule has 6 heteroatoms. The van der Waals surface area contributed by atoms with Gasteiger partial charge < -0.3 is 25.9 Å². The van der Waals surface area contributed by atoms with E-state index in [-0.39, 0.29) is 6.29 Å². The van der Waals surface area contributed by atoms with Crippen molar-refractivity contribution in [3.63, 3.8) is 0 Å². The molecule has 28 heavy (non-hydrogen) atoms. The number of nitrogens with two attached hydrogens (primary N) is 1. The van der Waals surface area contributed by atoms with E-state index in [1.807, 2.05) is 24.5 Å². The summed E-state index contributed by atoms with van der Waals surface area (Å²) in [5.41, 5.74) is 11.6. The van der Waals surface area contributed by atoms with Crippen LogP contribution < -0.4 is 11.1 Å². The molecular weight excluding hydrogens is 348 g/mol. The van der Waals surface area contributed by atoms with E-state index in [9.17, 15) is 0 Å². The molecule has 5 rings (SSSR count). The molecule has 0 amide bonds. The molecule has 3 heterocycles. The first-order valence-corrected chi connectivity index (χ1v) is 9.34. The number of aromatic amines is 2. The van der Waals surface area contributed by atoms with Crippen LogP contribution in [0.3, 0.4) is 0 Å². The molecule has 6 nitrogen and oxygen atoms in total. The second-order valence-electron chi connectivity index (χ2n) is 7.13. The molecule has 2 aromatic carbocycles. The standard InChI is InChI=1S/C22H22N6/c1-14-11-21(23)27-22(26-20-4-2-3-19-17(20)8-10-25-19)28(14)13-15-5-6-18-16(12-15)7-9-24-18/h2-12,22,24-26H,13H2,1H3,(H2,23,27). The Morgan fingerprint density at radius 3 is 2.86 bits per heavy atom. The van der Waals surface area contributed by atoms with Crippen molar-refractivity contribution in [1.29, 1.82) is 0 Å². The van der Waals surface area contributed by atoms with Gasteiger partial charge in [0.25, 0.3) is 0 Å². The lowest BCUT2D eigenvalue weighted by atomic mass is 10.1. The molecule has 1 atom stereocenters. The van der Waals surface area contributed by atoms with Gasteiger partial charge in [0.15, 0.2) is 6.29 Å². The number of aromatic nitrogens is 2. The molecule has 4 aromatic rings. The first kappa shape index (κ1) is 16.5. The Hall–Kier alpha value is -3.67. The van der Waals surface area contributed by atoms with Gasteiger partial charge in [-0.15, -0.1) is 0 Å². The van der Waals surface area contributed by atoms with Gasteiger partial charge in [0, 0.05) is 46.7 Å². The molecule has 1 unspecified atom stereocenters. The van der Waals surface area contributed by atoms with Gasteiger partial charge >= 0.3 is 0 Å². The molecule has 5 N–H and O–H groups in total. The van der Waals surface area contributed by atoms with E-state index in [4.69, 9.17) is 5.73 Å². The SMILES string of the molecule is CC1=CC(N)=NC(Nc2cccc3[nH]ccc23)N1Cc1ccc2[nH]ccc2c1. The van der Waals surface area contributed by atoms with Crippen LogP contribution in [-0.4, -0.2) is 27.0 Å². The molecule has 0 saturated carbocycles. The van der Waals surface area contributed by atoms with Crippen LogP contribution in [-0.2, 0) is 6.54 Å². The molecule has 1 aliphatic heterocycles. The van der Waals surface area contributed by atoms with Gasteiger partial charge in [-0.3, -0.25) is 0 Å². The number of nitrogens with one attached hydrogen (secondary N) is 3. The number of H-pyrrole nitrogens is 2. The Labute approximate surface area is 162 Å². The van der Waals surface area contributed by atoms with Crippen LogP contribution in [0.1, 0.15) is 12.5 Å². The average molecular weight is 370 g/mol. The Balaban J connectivity index is 1.47. The summed E-state index contributed by atoms with van der Waals surface area (Å²) >= 11 is 0. The predicted molar refractivity (Wildman–Crippen MR) is 115 cm³/mol. The minimum absolute atomic E-state index is 0.271. The molecular formula is C22H22N6. The lowest BCUT2D eigenvalue weighted by molar-refractivity contribution is 0.271. The average Bonchev–Trinajstić information content (AvgIpc) is 3.33. The van der Waals surface area contributed by atoms with Crippen molar-refractivity contribution in [3.05, 3.63) is 78.3 Å². The van der Waals surface area contributed by atoms with E-state index in [1.54, 1.807) is 0 Å². The number of allylic oxidation sites excluding steroid dienone is 1. The molecule has 140 valence electrons. The summed E-state index contributed by atoms with van der Waals surface area (Å²) in [5, 5.41) is 5.91. The molecule has 2 aromatic heterocycles. The summed E-state index contributed by atoms with van der Waals surface area (Å²) in [4.78, 5) is 13.4. The monoisotopic (exact) mass is 370 g/mol. The fourth-order valence-electron chi connectivity index (χ4n) is 3.81. The first-order chi connectivity index (χ1) is 13.7.